The van der Waals surface area contributed by atoms with Crippen LogP contribution in [0.15, 0.2) is 41.3 Å². The van der Waals surface area contributed by atoms with E-state index in [4.69, 9.17) is 4.74 Å². The van der Waals surface area contributed by atoms with Crippen LogP contribution in [0.4, 0.5) is 0 Å². The number of hydrogen-bond donors (Lipinski definition) is 0. The number of hydrogen-bond acceptors (Lipinski definition) is 4. The Morgan fingerprint density at radius 3 is 2.71 bits per heavy atom. The highest BCUT2D eigenvalue weighted by molar-refractivity contribution is 8.02. The van der Waals surface area contributed by atoms with Crippen molar-refractivity contribution >= 4 is 17.7 Å². The van der Waals surface area contributed by atoms with Gasteiger partial charge in [-0.15, -0.1) is 11.8 Å². The fourth-order valence-corrected chi connectivity index (χ4v) is 1.74. The Hall–Kier alpha value is -1.26. The maximum absolute atomic E-state index is 11.1. The molecule has 0 fully saturated rings. The standard InChI is InChI=1S/C13H16O3S/c1-11(13(14)15-2)9-17-10-16-8-12-6-4-3-5-7-12/h3-7,9H,8,10H2,1-2H3/b11-9+. The Morgan fingerprint density at radius 1 is 1.35 bits per heavy atom. The third kappa shape index (κ3) is 5.56. The molecular weight excluding hydrogens is 236 g/mol. The lowest BCUT2D eigenvalue weighted by molar-refractivity contribution is -0.136. The molecule has 0 aliphatic carbocycles. The van der Waals surface area contributed by atoms with Gasteiger partial charge in [-0.3, -0.25) is 0 Å². The quantitative estimate of drug-likeness (QED) is 0.337. The van der Waals surface area contributed by atoms with Gasteiger partial charge in [-0.05, 0) is 17.9 Å². The third-order valence-electron chi connectivity index (χ3n) is 2.03. The summed E-state index contributed by atoms with van der Waals surface area (Å²) < 4.78 is 10.0. The van der Waals surface area contributed by atoms with Crippen LogP contribution in [0.1, 0.15) is 12.5 Å². The summed E-state index contributed by atoms with van der Waals surface area (Å²) in [5, 5.41) is 1.75. The van der Waals surface area contributed by atoms with E-state index in [0.717, 1.165) is 5.56 Å². The second kappa shape index (κ2) is 7.92. The van der Waals surface area contributed by atoms with Crippen molar-refractivity contribution < 1.29 is 14.3 Å². The molecule has 0 heterocycles. The number of carbonyl (C=O) groups is 1. The number of carbonyl (C=O) groups excluding carboxylic acids is 1. The van der Waals surface area contributed by atoms with Crippen molar-refractivity contribution in [3.05, 3.63) is 46.9 Å². The van der Waals surface area contributed by atoms with Gasteiger partial charge in [0.05, 0.1) is 19.7 Å². The minimum Gasteiger partial charge on any atom is -0.466 e. The highest BCUT2D eigenvalue weighted by Crippen LogP contribution is 2.10. The van der Waals surface area contributed by atoms with Crippen molar-refractivity contribution in [2.24, 2.45) is 0 Å². The molecule has 0 bridgehead atoms. The molecule has 0 spiro atoms. The molecule has 0 amide bonds. The van der Waals surface area contributed by atoms with Crippen LogP contribution in [-0.4, -0.2) is 19.0 Å². The van der Waals surface area contributed by atoms with E-state index < -0.39 is 0 Å². The lowest BCUT2D eigenvalue weighted by Gasteiger charge is -2.02. The van der Waals surface area contributed by atoms with Gasteiger partial charge in [0.1, 0.15) is 0 Å². The van der Waals surface area contributed by atoms with E-state index in [1.807, 2.05) is 30.3 Å². The van der Waals surface area contributed by atoms with Crippen LogP contribution in [0.3, 0.4) is 0 Å². The molecule has 0 aromatic heterocycles. The maximum Gasteiger partial charge on any atom is 0.333 e. The molecular formula is C13H16O3S. The van der Waals surface area contributed by atoms with Crippen LogP contribution in [0.2, 0.25) is 0 Å². The maximum atomic E-state index is 11.1. The van der Waals surface area contributed by atoms with Crippen molar-refractivity contribution in [2.75, 3.05) is 13.0 Å². The number of methoxy groups -OCH3 is 1. The molecule has 0 aliphatic heterocycles. The smallest absolute Gasteiger partial charge is 0.333 e. The average molecular weight is 252 g/mol. The van der Waals surface area contributed by atoms with E-state index >= 15 is 0 Å². The van der Waals surface area contributed by atoms with Crippen LogP contribution in [0, 0.1) is 0 Å². The van der Waals surface area contributed by atoms with Gasteiger partial charge < -0.3 is 9.47 Å². The first-order valence-electron chi connectivity index (χ1n) is 5.22. The van der Waals surface area contributed by atoms with Gasteiger partial charge in [0.2, 0.25) is 0 Å². The Balaban J connectivity index is 2.19. The lowest BCUT2D eigenvalue weighted by atomic mass is 10.2. The molecule has 1 aromatic carbocycles. The Morgan fingerprint density at radius 2 is 2.06 bits per heavy atom. The zero-order valence-electron chi connectivity index (χ0n) is 10.0. The fraction of sp³-hybridized carbons (Fsp3) is 0.308. The molecule has 0 radical (unpaired) electrons. The van der Waals surface area contributed by atoms with Crippen LogP contribution in [0.5, 0.6) is 0 Å². The summed E-state index contributed by atoms with van der Waals surface area (Å²) in [7, 11) is 1.37. The first kappa shape index (κ1) is 13.8. The predicted octanol–water partition coefficient (Wildman–Crippen LogP) is 2.97. The molecule has 3 nitrogen and oxygen atoms in total. The number of esters is 1. The Labute approximate surface area is 106 Å². The number of ether oxygens (including phenoxy) is 2. The van der Waals surface area contributed by atoms with Gasteiger partial charge in [0.25, 0.3) is 0 Å². The third-order valence-corrected chi connectivity index (χ3v) is 2.85. The van der Waals surface area contributed by atoms with E-state index in [9.17, 15) is 4.79 Å². The van der Waals surface area contributed by atoms with E-state index in [2.05, 4.69) is 4.74 Å². The second-order valence-electron chi connectivity index (χ2n) is 3.41. The zero-order chi connectivity index (χ0) is 12.5. The molecule has 4 heteroatoms. The highest BCUT2D eigenvalue weighted by atomic mass is 32.2. The number of rotatable bonds is 6. The second-order valence-corrected chi connectivity index (χ2v) is 4.22. The van der Waals surface area contributed by atoms with E-state index in [-0.39, 0.29) is 5.97 Å². The first-order valence-corrected chi connectivity index (χ1v) is 6.27. The average Bonchev–Trinajstić information content (AvgIpc) is 2.38. The van der Waals surface area contributed by atoms with Crippen molar-refractivity contribution in [1.82, 2.24) is 0 Å². The topological polar surface area (TPSA) is 35.5 Å². The number of thioether (sulfide) groups is 1. The summed E-state index contributed by atoms with van der Waals surface area (Å²) in [6.45, 7) is 2.30. The molecule has 0 aliphatic rings. The molecule has 17 heavy (non-hydrogen) atoms. The fourth-order valence-electron chi connectivity index (χ4n) is 1.15. The van der Waals surface area contributed by atoms with E-state index in [1.165, 1.54) is 18.9 Å². The summed E-state index contributed by atoms with van der Waals surface area (Å²) >= 11 is 1.44. The minimum atomic E-state index is -0.305. The monoisotopic (exact) mass is 252 g/mol. The van der Waals surface area contributed by atoms with Crippen LogP contribution < -0.4 is 0 Å². The van der Waals surface area contributed by atoms with Crippen LogP contribution in [-0.2, 0) is 20.9 Å². The van der Waals surface area contributed by atoms with Crippen molar-refractivity contribution in [1.29, 1.82) is 0 Å². The molecule has 1 rings (SSSR count). The molecule has 1 aromatic rings. The zero-order valence-corrected chi connectivity index (χ0v) is 10.8. The van der Waals surface area contributed by atoms with Gasteiger partial charge in [0.15, 0.2) is 0 Å². The van der Waals surface area contributed by atoms with Crippen LogP contribution >= 0.6 is 11.8 Å². The van der Waals surface area contributed by atoms with Crippen molar-refractivity contribution in [3.8, 4) is 0 Å². The van der Waals surface area contributed by atoms with Gasteiger partial charge >= 0.3 is 5.97 Å². The van der Waals surface area contributed by atoms with Crippen LogP contribution in [0.25, 0.3) is 0 Å². The van der Waals surface area contributed by atoms with E-state index in [1.54, 1.807) is 12.3 Å². The Kier molecular flexibility index (Phi) is 6.43. The van der Waals surface area contributed by atoms with Gasteiger partial charge in [-0.25, -0.2) is 4.79 Å². The Bertz CT molecular complexity index is 374. The molecule has 0 N–H and O–H groups in total. The van der Waals surface area contributed by atoms with Gasteiger partial charge in [-0.1, -0.05) is 30.3 Å². The molecule has 92 valence electrons. The SMILES string of the molecule is COC(=O)/C(C)=C/SCOCc1ccccc1. The lowest BCUT2D eigenvalue weighted by Crippen LogP contribution is -2.00. The summed E-state index contributed by atoms with van der Waals surface area (Å²) in [4.78, 5) is 11.1. The van der Waals surface area contributed by atoms with E-state index in [0.29, 0.717) is 18.1 Å². The molecule has 0 saturated carbocycles. The normalized spacial score (nSPS) is 11.3. The largest absolute Gasteiger partial charge is 0.466 e. The summed E-state index contributed by atoms with van der Waals surface area (Å²) in [5.74, 6) is 0.212. The summed E-state index contributed by atoms with van der Waals surface area (Å²) in [5.41, 5.74) is 1.72. The van der Waals surface area contributed by atoms with Gasteiger partial charge in [0, 0.05) is 5.57 Å². The molecule has 0 saturated heterocycles. The highest BCUT2D eigenvalue weighted by Gasteiger charge is 2.01. The first-order chi connectivity index (χ1) is 8.24. The predicted molar refractivity (Wildman–Crippen MR) is 69.5 cm³/mol. The van der Waals surface area contributed by atoms with Crippen molar-refractivity contribution in [2.45, 2.75) is 13.5 Å². The summed E-state index contributed by atoms with van der Waals surface area (Å²) in [6, 6.07) is 9.96. The van der Waals surface area contributed by atoms with Gasteiger partial charge in [-0.2, -0.15) is 0 Å². The minimum absolute atomic E-state index is 0.305. The number of benzene rings is 1. The molecule has 0 atom stereocenters. The summed E-state index contributed by atoms with van der Waals surface area (Å²) in [6.07, 6.45) is 0. The van der Waals surface area contributed by atoms with Crippen molar-refractivity contribution in [3.63, 3.8) is 0 Å². The molecule has 0 unspecified atom stereocenters.